The summed E-state index contributed by atoms with van der Waals surface area (Å²) < 4.78 is 0. The van der Waals surface area contributed by atoms with Crippen LogP contribution in [0.4, 0.5) is 0 Å². The van der Waals surface area contributed by atoms with E-state index in [0.29, 0.717) is 37.3 Å². The summed E-state index contributed by atoms with van der Waals surface area (Å²) in [7, 11) is 0. The molecule has 98 valence electrons. The third-order valence-electron chi connectivity index (χ3n) is 3.25. The summed E-state index contributed by atoms with van der Waals surface area (Å²) in [5.74, 6) is -0.0427. The van der Waals surface area contributed by atoms with E-state index < -0.39 is 0 Å². The fourth-order valence-corrected chi connectivity index (χ4v) is 2.13. The standard InChI is InChI=1S/C14H15N3O2/c1-11(18)16-5-7-17(8-6-16)14(19)13-4-2-3-12(9-13)10-15/h2-4,9H,5-8H2,1H3. The summed E-state index contributed by atoms with van der Waals surface area (Å²) in [6.07, 6.45) is 0. The molecule has 1 aromatic carbocycles. The van der Waals surface area contributed by atoms with E-state index in [4.69, 9.17) is 5.26 Å². The van der Waals surface area contributed by atoms with Gasteiger partial charge >= 0.3 is 0 Å². The van der Waals surface area contributed by atoms with Crippen LogP contribution in [0.3, 0.4) is 0 Å². The number of piperazine rings is 1. The fourth-order valence-electron chi connectivity index (χ4n) is 2.13. The number of hydrogen-bond acceptors (Lipinski definition) is 3. The Kier molecular flexibility index (Phi) is 3.81. The first-order valence-electron chi connectivity index (χ1n) is 6.17. The SMILES string of the molecule is CC(=O)N1CCN(C(=O)c2cccc(C#N)c2)CC1. The highest BCUT2D eigenvalue weighted by Crippen LogP contribution is 2.10. The molecule has 2 rings (SSSR count). The molecule has 1 aliphatic rings. The van der Waals surface area contributed by atoms with Crippen LogP contribution in [-0.2, 0) is 4.79 Å². The van der Waals surface area contributed by atoms with Crippen LogP contribution in [0, 0.1) is 11.3 Å². The summed E-state index contributed by atoms with van der Waals surface area (Å²) in [5.41, 5.74) is 1.00. The van der Waals surface area contributed by atoms with Gasteiger partial charge in [-0.05, 0) is 18.2 Å². The zero-order valence-corrected chi connectivity index (χ0v) is 10.8. The molecule has 0 radical (unpaired) electrons. The maximum absolute atomic E-state index is 12.3. The van der Waals surface area contributed by atoms with Crippen molar-refractivity contribution in [3.05, 3.63) is 35.4 Å². The van der Waals surface area contributed by atoms with Gasteiger partial charge in [-0.2, -0.15) is 5.26 Å². The Hall–Kier alpha value is -2.35. The number of carbonyl (C=O) groups is 2. The van der Waals surface area contributed by atoms with E-state index >= 15 is 0 Å². The third-order valence-corrected chi connectivity index (χ3v) is 3.25. The number of nitrogens with zero attached hydrogens (tertiary/aromatic N) is 3. The number of rotatable bonds is 1. The van der Waals surface area contributed by atoms with E-state index in [9.17, 15) is 9.59 Å². The molecule has 0 spiro atoms. The van der Waals surface area contributed by atoms with Crippen LogP contribution in [0.1, 0.15) is 22.8 Å². The van der Waals surface area contributed by atoms with Crippen molar-refractivity contribution >= 4 is 11.8 Å². The molecule has 1 fully saturated rings. The monoisotopic (exact) mass is 257 g/mol. The largest absolute Gasteiger partial charge is 0.339 e. The van der Waals surface area contributed by atoms with Crippen molar-refractivity contribution < 1.29 is 9.59 Å². The Morgan fingerprint density at radius 1 is 1.16 bits per heavy atom. The minimum atomic E-state index is -0.0831. The Morgan fingerprint density at radius 3 is 2.37 bits per heavy atom. The first-order chi connectivity index (χ1) is 9.11. The van der Waals surface area contributed by atoms with Gasteiger partial charge in [0, 0.05) is 38.7 Å². The molecule has 1 heterocycles. The highest BCUT2D eigenvalue weighted by molar-refractivity contribution is 5.94. The lowest BCUT2D eigenvalue weighted by Gasteiger charge is -2.34. The maximum atomic E-state index is 12.3. The summed E-state index contributed by atoms with van der Waals surface area (Å²) in [4.78, 5) is 26.9. The van der Waals surface area contributed by atoms with Crippen LogP contribution in [0.2, 0.25) is 0 Å². The van der Waals surface area contributed by atoms with Crippen molar-refractivity contribution in [1.82, 2.24) is 9.80 Å². The van der Waals surface area contributed by atoms with Gasteiger partial charge in [-0.15, -0.1) is 0 Å². The average molecular weight is 257 g/mol. The van der Waals surface area contributed by atoms with E-state index in [-0.39, 0.29) is 11.8 Å². The quantitative estimate of drug-likeness (QED) is 0.749. The lowest BCUT2D eigenvalue weighted by Crippen LogP contribution is -2.50. The Bertz CT molecular complexity index is 540. The van der Waals surface area contributed by atoms with E-state index in [2.05, 4.69) is 0 Å². The molecular formula is C14H15N3O2. The molecule has 0 bridgehead atoms. The van der Waals surface area contributed by atoms with Gasteiger partial charge in [0.05, 0.1) is 11.6 Å². The first kappa shape index (κ1) is 13.1. The number of amides is 2. The molecule has 2 amide bonds. The predicted molar refractivity (Wildman–Crippen MR) is 69.3 cm³/mol. The number of carbonyl (C=O) groups excluding carboxylic acids is 2. The normalized spacial score (nSPS) is 14.9. The van der Waals surface area contributed by atoms with Gasteiger partial charge in [0.25, 0.3) is 5.91 Å². The van der Waals surface area contributed by atoms with E-state index in [0.717, 1.165) is 0 Å². The first-order valence-corrected chi connectivity index (χ1v) is 6.17. The molecular weight excluding hydrogens is 242 g/mol. The topological polar surface area (TPSA) is 64.4 Å². The van der Waals surface area contributed by atoms with E-state index in [1.165, 1.54) is 6.92 Å². The lowest BCUT2D eigenvalue weighted by molar-refractivity contribution is -0.130. The molecule has 5 nitrogen and oxygen atoms in total. The summed E-state index contributed by atoms with van der Waals surface area (Å²) in [6.45, 7) is 3.75. The van der Waals surface area contributed by atoms with Crippen LogP contribution >= 0.6 is 0 Å². The lowest BCUT2D eigenvalue weighted by atomic mass is 10.1. The van der Waals surface area contributed by atoms with Crippen LogP contribution in [0.5, 0.6) is 0 Å². The van der Waals surface area contributed by atoms with Crippen molar-refractivity contribution in [2.24, 2.45) is 0 Å². The second-order valence-electron chi connectivity index (χ2n) is 4.49. The van der Waals surface area contributed by atoms with Crippen LogP contribution < -0.4 is 0 Å². The maximum Gasteiger partial charge on any atom is 0.254 e. The minimum Gasteiger partial charge on any atom is -0.339 e. The van der Waals surface area contributed by atoms with Gasteiger partial charge in [0.2, 0.25) is 5.91 Å². The van der Waals surface area contributed by atoms with Gasteiger partial charge in [0.1, 0.15) is 0 Å². The second-order valence-corrected chi connectivity index (χ2v) is 4.49. The molecule has 0 aliphatic carbocycles. The Labute approximate surface area is 112 Å². The summed E-state index contributed by atoms with van der Waals surface area (Å²) in [5, 5.41) is 8.83. The molecule has 1 saturated heterocycles. The molecule has 0 atom stereocenters. The number of hydrogen-bond donors (Lipinski definition) is 0. The molecule has 0 unspecified atom stereocenters. The van der Waals surface area contributed by atoms with Gasteiger partial charge in [0.15, 0.2) is 0 Å². The smallest absolute Gasteiger partial charge is 0.254 e. The van der Waals surface area contributed by atoms with Crippen LogP contribution in [0.15, 0.2) is 24.3 Å². The number of benzene rings is 1. The third kappa shape index (κ3) is 2.91. The van der Waals surface area contributed by atoms with E-state index in [1.54, 1.807) is 34.1 Å². The molecule has 1 aliphatic heterocycles. The molecule has 0 N–H and O–H groups in total. The van der Waals surface area contributed by atoms with Crippen molar-refractivity contribution in [2.45, 2.75) is 6.92 Å². The predicted octanol–water partition coefficient (Wildman–Crippen LogP) is 0.863. The second kappa shape index (κ2) is 5.53. The number of nitriles is 1. The molecule has 0 saturated carbocycles. The molecule has 19 heavy (non-hydrogen) atoms. The highest BCUT2D eigenvalue weighted by atomic mass is 16.2. The van der Waals surface area contributed by atoms with E-state index in [1.807, 2.05) is 6.07 Å². The summed E-state index contributed by atoms with van der Waals surface area (Å²) >= 11 is 0. The van der Waals surface area contributed by atoms with Crippen molar-refractivity contribution in [1.29, 1.82) is 5.26 Å². The Balaban J connectivity index is 2.05. The molecule has 0 aromatic heterocycles. The minimum absolute atomic E-state index is 0.0403. The average Bonchev–Trinajstić information content (AvgIpc) is 2.46. The fraction of sp³-hybridized carbons (Fsp3) is 0.357. The van der Waals surface area contributed by atoms with Crippen LogP contribution in [0.25, 0.3) is 0 Å². The van der Waals surface area contributed by atoms with Gasteiger partial charge in [-0.1, -0.05) is 6.07 Å². The van der Waals surface area contributed by atoms with Gasteiger partial charge < -0.3 is 9.80 Å². The van der Waals surface area contributed by atoms with Crippen molar-refractivity contribution in [3.8, 4) is 6.07 Å². The van der Waals surface area contributed by atoms with Gasteiger partial charge in [-0.3, -0.25) is 9.59 Å². The zero-order valence-electron chi connectivity index (χ0n) is 10.8. The van der Waals surface area contributed by atoms with Gasteiger partial charge in [-0.25, -0.2) is 0 Å². The van der Waals surface area contributed by atoms with Crippen LogP contribution in [-0.4, -0.2) is 47.8 Å². The van der Waals surface area contributed by atoms with Crippen molar-refractivity contribution in [2.75, 3.05) is 26.2 Å². The molecule has 1 aromatic rings. The highest BCUT2D eigenvalue weighted by Gasteiger charge is 2.23. The Morgan fingerprint density at radius 2 is 1.79 bits per heavy atom. The van der Waals surface area contributed by atoms with Crippen molar-refractivity contribution in [3.63, 3.8) is 0 Å². The summed E-state index contributed by atoms with van der Waals surface area (Å²) in [6, 6.07) is 8.71. The molecule has 5 heteroatoms. The zero-order chi connectivity index (χ0) is 13.8.